The highest BCUT2D eigenvalue weighted by molar-refractivity contribution is 5.28. The van der Waals surface area contributed by atoms with Crippen LogP contribution in [0.1, 0.15) is 43.5 Å². The molecule has 2 aromatic rings. The molecule has 2 rings (SSSR count). The Morgan fingerprint density at radius 1 is 0.810 bits per heavy atom. The van der Waals surface area contributed by atoms with Crippen LogP contribution in [0.25, 0.3) is 0 Å². The predicted molar refractivity (Wildman–Crippen MR) is 87.9 cm³/mol. The van der Waals surface area contributed by atoms with Gasteiger partial charge >= 0.3 is 0 Å². The molecule has 0 aliphatic heterocycles. The second-order valence-electron chi connectivity index (χ2n) is 5.40. The number of hydrogen-bond donors (Lipinski definition) is 0. The highest BCUT2D eigenvalue weighted by Gasteiger charge is 1.99. The van der Waals surface area contributed by atoms with E-state index in [0.717, 1.165) is 38.0 Å². The molecular formula is C19H25NO. The van der Waals surface area contributed by atoms with Crippen LogP contribution in [0, 0.1) is 0 Å². The molecule has 112 valence electrons. The van der Waals surface area contributed by atoms with Gasteiger partial charge in [-0.15, -0.1) is 0 Å². The maximum atomic E-state index is 5.60. The Hall–Kier alpha value is -1.83. The molecule has 0 amide bonds. The largest absolute Gasteiger partial charge is 0.494 e. The molecular weight excluding hydrogens is 258 g/mol. The molecule has 1 heterocycles. The van der Waals surface area contributed by atoms with Crippen LogP contribution >= 0.6 is 0 Å². The molecule has 0 atom stereocenters. The first-order chi connectivity index (χ1) is 10.3. The molecule has 21 heavy (non-hydrogen) atoms. The third-order valence-electron chi connectivity index (χ3n) is 3.49. The Kier molecular flexibility index (Phi) is 6.26. The summed E-state index contributed by atoms with van der Waals surface area (Å²) in [6.45, 7) is 5.10. The van der Waals surface area contributed by atoms with Crippen molar-refractivity contribution in [2.75, 3.05) is 6.61 Å². The van der Waals surface area contributed by atoms with Crippen LogP contribution in [0.3, 0.4) is 0 Å². The summed E-state index contributed by atoms with van der Waals surface area (Å²) < 4.78 is 5.60. The first kappa shape index (κ1) is 15.6. The van der Waals surface area contributed by atoms with E-state index >= 15 is 0 Å². The topological polar surface area (TPSA) is 22.1 Å². The van der Waals surface area contributed by atoms with Crippen molar-refractivity contribution in [3.8, 4) is 5.75 Å². The van der Waals surface area contributed by atoms with Crippen LogP contribution in [0.4, 0.5) is 0 Å². The summed E-state index contributed by atoms with van der Waals surface area (Å²) in [5.74, 6) is 0.961. The highest BCUT2D eigenvalue weighted by atomic mass is 16.5. The minimum absolute atomic E-state index is 0.785. The van der Waals surface area contributed by atoms with E-state index < -0.39 is 0 Å². The Morgan fingerprint density at radius 3 is 2.19 bits per heavy atom. The van der Waals surface area contributed by atoms with Gasteiger partial charge in [0.05, 0.1) is 6.61 Å². The monoisotopic (exact) mass is 283 g/mol. The fourth-order valence-corrected chi connectivity index (χ4v) is 2.28. The normalized spacial score (nSPS) is 10.6. The molecule has 2 nitrogen and oxygen atoms in total. The smallest absolute Gasteiger partial charge is 0.119 e. The van der Waals surface area contributed by atoms with Crippen LogP contribution < -0.4 is 4.74 Å². The molecule has 0 bridgehead atoms. The summed E-state index contributed by atoms with van der Waals surface area (Å²) in [6, 6.07) is 12.8. The third kappa shape index (κ3) is 5.22. The molecule has 2 heteroatoms. The van der Waals surface area contributed by atoms with Crippen LogP contribution in [-0.2, 0) is 19.3 Å². The van der Waals surface area contributed by atoms with E-state index in [1.807, 2.05) is 6.20 Å². The van der Waals surface area contributed by atoms with Gasteiger partial charge in [-0.1, -0.05) is 38.5 Å². The van der Waals surface area contributed by atoms with Gasteiger partial charge < -0.3 is 4.74 Å². The van der Waals surface area contributed by atoms with E-state index in [2.05, 4.69) is 55.2 Å². The molecule has 0 radical (unpaired) electrons. The summed E-state index contributed by atoms with van der Waals surface area (Å²) >= 11 is 0. The van der Waals surface area contributed by atoms with Crippen LogP contribution in [0.15, 0.2) is 42.6 Å². The van der Waals surface area contributed by atoms with Gasteiger partial charge in [0, 0.05) is 11.9 Å². The van der Waals surface area contributed by atoms with Gasteiger partial charge in [0.2, 0.25) is 0 Å². The number of nitrogens with zero attached hydrogens (tertiary/aromatic N) is 1. The predicted octanol–water partition coefficient (Wildman–Crippen LogP) is 4.61. The van der Waals surface area contributed by atoms with Crippen molar-refractivity contribution in [2.45, 2.75) is 46.0 Å². The van der Waals surface area contributed by atoms with Crippen molar-refractivity contribution in [1.29, 1.82) is 0 Å². The van der Waals surface area contributed by atoms with Crippen molar-refractivity contribution in [2.24, 2.45) is 0 Å². The average Bonchev–Trinajstić information content (AvgIpc) is 2.53. The quantitative estimate of drug-likeness (QED) is 0.706. The van der Waals surface area contributed by atoms with Gasteiger partial charge in [0.15, 0.2) is 0 Å². The minimum atomic E-state index is 0.785. The molecule has 0 saturated carbocycles. The van der Waals surface area contributed by atoms with Gasteiger partial charge in [-0.25, -0.2) is 0 Å². The summed E-state index contributed by atoms with van der Waals surface area (Å²) in [5, 5.41) is 0. The maximum Gasteiger partial charge on any atom is 0.119 e. The molecule has 0 saturated heterocycles. The Balaban J connectivity index is 1.84. The standard InChI is InChI=1S/C19H25NO/c1-3-5-17-7-11-18(20-15-17)10-6-16-8-12-19(13-9-16)21-14-4-2/h7-9,11-13,15H,3-6,10,14H2,1-2H3. The molecule has 0 aliphatic carbocycles. The second-order valence-corrected chi connectivity index (χ2v) is 5.40. The Morgan fingerprint density at radius 2 is 1.57 bits per heavy atom. The zero-order valence-electron chi connectivity index (χ0n) is 13.1. The average molecular weight is 283 g/mol. The highest BCUT2D eigenvalue weighted by Crippen LogP contribution is 2.14. The van der Waals surface area contributed by atoms with Gasteiger partial charge in [0.1, 0.15) is 5.75 Å². The van der Waals surface area contributed by atoms with Gasteiger partial charge in [-0.3, -0.25) is 4.98 Å². The maximum absolute atomic E-state index is 5.60. The lowest BCUT2D eigenvalue weighted by molar-refractivity contribution is 0.317. The van der Waals surface area contributed by atoms with Crippen molar-refractivity contribution in [3.63, 3.8) is 0 Å². The van der Waals surface area contributed by atoms with Crippen molar-refractivity contribution < 1.29 is 4.74 Å². The lowest BCUT2D eigenvalue weighted by Gasteiger charge is -2.06. The van der Waals surface area contributed by atoms with Crippen molar-refractivity contribution in [1.82, 2.24) is 4.98 Å². The molecule has 1 aromatic carbocycles. The zero-order chi connectivity index (χ0) is 14.9. The van der Waals surface area contributed by atoms with Gasteiger partial charge in [-0.05, 0) is 55.0 Å². The molecule has 0 N–H and O–H groups in total. The second kappa shape index (κ2) is 8.46. The number of ether oxygens (including phenoxy) is 1. The van der Waals surface area contributed by atoms with Crippen molar-refractivity contribution >= 4 is 0 Å². The number of rotatable bonds is 8. The summed E-state index contributed by atoms with van der Waals surface area (Å²) in [5.41, 5.74) is 3.83. The first-order valence-electron chi connectivity index (χ1n) is 7.97. The molecule has 0 fully saturated rings. The van der Waals surface area contributed by atoms with Crippen LogP contribution in [0.5, 0.6) is 5.75 Å². The van der Waals surface area contributed by atoms with E-state index in [9.17, 15) is 0 Å². The van der Waals surface area contributed by atoms with E-state index in [-0.39, 0.29) is 0 Å². The minimum Gasteiger partial charge on any atom is -0.494 e. The fraction of sp³-hybridized carbons (Fsp3) is 0.421. The fourth-order valence-electron chi connectivity index (χ4n) is 2.28. The number of aryl methyl sites for hydroxylation is 3. The number of hydrogen-bond acceptors (Lipinski definition) is 2. The van der Waals surface area contributed by atoms with Crippen LogP contribution in [0.2, 0.25) is 0 Å². The Bertz CT molecular complexity index is 516. The molecule has 0 aliphatic rings. The summed E-state index contributed by atoms with van der Waals surface area (Å²) in [7, 11) is 0. The SMILES string of the molecule is CCCOc1ccc(CCc2ccc(CCC)cn2)cc1. The zero-order valence-corrected chi connectivity index (χ0v) is 13.1. The lowest BCUT2D eigenvalue weighted by Crippen LogP contribution is -1.97. The van der Waals surface area contributed by atoms with Crippen molar-refractivity contribution in [3.05, 3.63) is 59.4 Å². The molecule has 1 aromatic heterocycles. The van der Waals surface area contributed by atoms with Crippen LogP contribution in [-0.4, -0.2) is 11.6 Å². The van der Waals surface area contributed by atoms with Gasteiger partial charge in [-0.2, -0.15) is 0 Å². The molecule has 0 unspecified atom stereocenters. The van der Waals surface area contributed by atoms with Gasteiger partial charge in [0.25, 0.3) is 0 Å². The lowest BCUT2D eigenvalue weighted by atomic mass is 10.1. The Labute approximate surface area is 128 Å². The molecule has 0 spiro atoms. The number of benzene rings is 1. The van der Waals surface area contributed by atoms with E-state index in [1.54, 1.807) is 0 Å². The summed E-state index contributed by atoms with van der Waals surface area (Å²) in [6.07, 6.45) is 7.36. The van der Waals surface area contributed by atoms with E-state index in [1.165, 1.54) is 23.2 Å². The third-order valence-corrected chi connectivity index (χ3v) is 3.49. The summed E-state index contributed by atoms with van der Waals surface area (Å²) in [4.78, 5) is 4.55. The van der Waals surface area contributed by atoms with E-state index in [0.29, 0.717) is 0 Å². The van der Waals surface area contributed by atoms with E-state index in [4.69, 9.17) is 4.74 Å². The number of pyridine rings is 1. The first-order valence-corrected chi connectivity index (χ1v) is 7.97. The number of aromatic nitrogens is 1.